The molecule has 0 aromatic heterocycles. The van der Waals surface area contributed by atoms with Crippen LogP contribution in [0.5, 0.6) is 0 Å². The molecule has 0 spiro atoms. The summed E-state index contributed by atoms with van der Waals surface area (Å²) in [4.78, 5) is 38.4. The van der Waals surface area contributed by atoms with Gasteiger partial charge in [-0.3, -0.25) is 14.4 Å². The fourth-order valence-electron chi connectivity index (χ4n) is 10.8. The normalized spacial score (nSPS) is 12.4. The molecule has 0 aromatic carbocycles. The van der Waals surface area contributed by atoms with Crippen molar-refractivity contribution < 1.29 is 28.6 Å². The average Bonchev–Trinajstić information content (AvgIpc) is 3.48. The van der Waals surface area contributed by atoms with Gasteiger partial charge in [-0.15, -0.1) is 0 Å². The minimum Gasteiger partial charge on any atom is -0.462 e. The number of carbonyl (C=O) groups excluding carboxylic acids is 3. The number of allylic oxidation sites excluding steroid dienone is 10. The van der Waals surface area contributed by atoms with Gasteiger partial charge in [0, 0.05) is 19.3 Å². The molecule has 0 aromatic rings. The van der Waals surface area contributed by atoms with Crippen LogP contribution in [-0.4, -0.2) is 37.2 Å². The van der Waals surface area contributed by atoms with Crippen LogP contribution >= 0.6 is 0 Å². The van der Waals surface area contributed by atoms with Gasteiger partial charge in [0.1, 0.15) is 13.2 Å². The van der Waals surface area contributed by atoms with Crippen molar-refractivity contribution in [2.45, 2.75) is 393 Å². The predicted molar refractivity (Wildman–Crippen MR) is 358 cm³/mol. The molecule has 0 bridgehead atoms. The van der Waals surface area contributed by atoms with Crippen molar-refractivity contribution in [2.24, 2.45) is 0 Å². The molecular formula is C76H138O6. The van der Waals surface area contributed by atoms with Crippen LogP contribution in [0.2, 0.25) is 0 Å². The Labute approximate surface area is 510 Å². The third kappa shape index (κ3) is 67.9. The highest BCUT2D eigenvalue weighted by atomic mass is 16.6. The molecule has 0 heterocycles. The summed E-state index contributed by atoms with van der Waals surface area (Å²) in [5.74, 6) is -0.844. The average molecular weight is 1150 g/mol. The maximum atomic E-state index is 12.9. The van der Waals surface area contributed by atoms with E-state index >= 15 is 0 Å². The van der Waals surface area contributed by atoms with Gasteiger partial charge in [0.25, 0.3) is 0 Å². The maximum Gasteiger partial charge on any atom is 0.306 e. The Morgan fingerprint density at radius 1 is 0.256 bits per heavy atom. The summed E-state index contributed by atoms with van der Waals surface area (Å²) < 4.78 is 17.0. The Morgan fingerprint density at radius 3 is 0.756 bits per heavy atom. The monoisotopic (exact) mass is 1150 g/mol. The molecule has 1 unspecified atom stereocenters. The van der Waals surface area contributed by atoms with Crippen LogP contribution in [0.15, 0.2) is 60.8 Å². The van der Waals surface area contributed by atoms with Gasteiger partial charge in [0.05, 0.1) is 0 Å². The van der Waals surface area contributed by atoms with E-state index in [1.807, 2.05) is 0 Å². The second-order valence-corrected chi connectivity index (χ2v) is 24.5. The molecule has 0 rings (SSSR count). The van der Waals surface area contributed by atoms with Crippen LogP contribution in [0.4, 0.5) is 0 Å². The van der Waals surface area contributed by atoms with Gasteiger partial charge in [0.2, 0.25) is 0 Å². The lowest BCUT2D eigenvalue weighted by molar-refractivity contribution is -0.167. The second kappa shape index (κ2) is 70.6. The zero-order valence-electron chi connectivity index (χ0n) is 55.0. The number of unbranched alkanes of at least 4 members (excludes halogenated alkanes) is 46. The second-order valence-electron chi connectivity index (χ2n) is 24.5. The van der Waals surface area contributed by atoms with E-state index < -0.39 is 6.10 Å². The number of carbonyl (C=O) groups is 3. The lowest BCUT2D eigenvalue weighted by Crippen LogP contribution is -2.30. The summed E-state index contributed by atoms with van der Waals surface area (Å²) in [6, 6.07) is 0. The predicted octanol–water partition coefficient (Wildman–Crippen LogP) is 25.1. The first-order valence-corrected chi connectivity index (χ1v) is 36.3. The van der Waals surface area contributed by atoms with Gasteiger partial charge in [-0.2, -0.15) is 0 Å². The van der Waals surface area contributed by atoms with Gasteiger partial charge >= 0.3 is 17.9 Å². The van der Waals surface area contributed by atoms with E-state index in [-0.39, 0.29) is 31.1 Å². The van der Waals surface area contributed by atoms with Crippen molar-refractivity contribution in [3.05, 3.63) is 60.8 Å². The van der Waals surface area contributed by atoms with Gasteiger partial charge in [0.15, 0.2) is 6.10 Å². The van der Waals surface area contributed by atoms with E-state index in [1.54, 1.807) is 0 Å². The first kappa shape index (κ1) is 79.1. The number of rotatable bonds is 67. The number of esters is 3. The van der Waals surface area contributed by atoms with Gasteiger partial charge < -0.3 is 14.2 Å². The van der Waals surface area contributed by atoms with Crippen LogP contribution in [-0.2, 0) is 28.6 Å². The van der Waals surface area contributed by atoms with Crippen LogP contribution < -0.4 is 0 Å². The van der Waals surface area contributed by atoms with Crippen molar-refractivity contribution in [2.75, 3.05) is 13.2 Å². The van der Waals surface area contributed by atoms with Crippen LogP contribution in [0.1, 0.15) is 387 Å². The Balaban J connectivity index is 4.13. The molecule has 1 atom stereocenters. The van der Waals surface area contributed by atoms with Crippen LogP contribution in [0, 0.1) is 0 Å². The fourth-order valence-corrected chi connectivity index (χ4v) is 10.8. The largest absolute Gasteiger partial charge is 0.462 e. The highest BCUT2D eigenvalue weighted by Gasteiger charge is 2.19. The molecule has 0 fully saturated rings. The van der Waals surface area contributed by atoms with Gasteiger partial charge in [-0.1, -0.05) is 345 Å². The summed E-state index contributed by atoms with van der Waals surface area (Å²) >= 11 is 0. The van der Waals surface area contributed by atoms with E-state index in [1.165, 1.54) is 263 Å². The molecule has 0 aliphatic heterocycles. The van der Waals surface area contributed by atoms with Crippen molar-refractivity contribution in [3.8, 4) is 0 Å². The Morgan fingerprint density at radius 2 is 0.476 bits per heavy atom. The molecule has 478 valence electrons. The summed E-state index contributed by atoms with van der Waals surface area (Å²) in [6.45, 7) is 6.58. The van der Waals surface area contributed by atoms with Gasteiger partial charge in [-0.25, -0.2) is 0 Å². The summed E-state index contributed by atoms with van der Waals surface area (Å²) in [5, 5.41) is 0. The molecule has 6 heteroatoms. The van der Waals surface area contributed by atoms with E-state index in [0.29, 0.717) is 19.3 Å². The molecule has 6 nitrogen and oxygen atoms in total. The minimum atomic E-state index is -0.771. The zero-order chi connectivity index (χ0) is 59.2. The molecule has 0 aliphatic carbocycles. The third-order valence-electron chi connectivity index (χ3n) is 16.3. The molecule has 0 aliphatic rings. The molecule has 82 heavy (non-hydrogen) atoms. The number of hydrogen-bond donors (Lipinski definition) is 0. The Bertz CT molecular complexity index is 1460. The smallest absolute Gasteiger partial charge is 0.306 e. The lowest BCUT2D eigenvalue weighted by Gasteiger charge is -2.18. The van der Waals surface area contributed by atoms with Crippen molar-refractivity contribution in [1.29, 1.82) is 0 Å². The maximum absolute atomic E-state index is 12.9. The number of ether oxygens (including phenoxy) is 3. The highest BCUT2D eigenvalue weighted by Crippen LogP contribution is 2.18. The fraction of sp³-hybridized carbons (Fsp3) is 0.829. The molecule has 0 saturated heterocycles. The Kier molecular flexibility index (Phi) is 68.1. The first-order valence-electron chi connectivity index (χ1n) is 36.3. The third-order valence-corrected chi connectivity index (χ3v) is 16.3. The Hall–Kier alpha value is -2.89. The quantitative estimate of drug-likeness (QED) is 0.0261. The highest BCUT2D eigenvalue weighted by molar-refractivity contribution is 5.71. The molecule has 0 N–H and O–H groups in total. The van der Waals surface area contributed by atoms with Crippen LogP contribution in [0.25, 0.3) is 0 Å². The van der Waals surface area contributed by atoms with Gasteiger partial charge in [-0.05, 0) is 83.5 Å². The standard InChI is InChI=1S/C76H138O6/c1-4-7-10-13-16-19-22-24-26-28-30-32-34-36-37-38-39-41-42-44-46-48-50-52-54-57-60-63-66-69-75(78)81-72-73(71-80-74(77)68-65-62-59-56-21-18-15-12-9-6-3)82-76(79)70-67-64-61-58-55-53-51-49-47-45-43-40-35-33-31-29-27-25-23-20-17-14-11-8-5-2/h7,10,16,19,24,26,29-32,73H,4-6,8-9,11-15,17-18,20-23,25,27-28,33-72H2,1-3H3/b10-7-,19-16-,26-24-,31-29-,32-30-. The topological polar surface area (TPSA) is 78.9 Å². The van der Waals surface area contributed by atoms with E-state index in [2.05, 4.69) is 81.5 Å². The summed E-state index contributed by atoms with van der Waals surface area (Å²) in [7, 11) is 0. The lowest BCUT2D eigenvalue weighted by atomic mass is 10.0. The number of hydrogen-bond acceptors (Lipinski definition) is 6. The minimum absolute atomic E-state index is 0.0682. The van der Waals surface area contributed by atoms with Crippen molar-refractivity contribution >= 4 is 17.9 Å². The van der Waals surface area contributed by atoms with Crippen LogP contribution in [0.3, 0.4) is 0 Å². The molecule has 0 amide bonds. The van der Waals surface area contributed by atoms with E-state index in [0.717, 1.165) is 83.5 Å². The first-order chi connectivity index (χ1) is 40.5. The molecular weight excluding hydrogens is 1010 g/mol. The van der Waals surface area contributed by atoms with Crippen molar-refractivity contribution in [1.82, 2.24) is 0 Å². The SMILES string of the molecule is CC/C=C\C/C=C\C/C=C\C/C=C\CCCCCCCCCCCCCCCCCCC(=O)OCC(COC(=O)CCCCCCCCCCCC)OC(=O)CCCCCCCCCCCCCCC/C=C\CCCCCCCCCC. The summed E-state index contributed by atoms with van der Waals surface area (Å²) in [6.07, 6.45) is 91.3. The molecule has 0 saturated carbocycles. The summed E-state index contributed by atoms with van der Waals surface area (Å²) in [5.41, 5.74) is 0. The van der Waals surface area contributed by atoms with E-state index in [9.17, 15) is 14.4 Å². The zero-order valence-corrected chi connectivity index (χ0v) is 55.0. The molecule has 0 radical (unpaired) electrons. The van der Waals surface area contributed by atoms with E-state index in [4.69, 9.17) is 14.2 Å². The van der Waals surface area contributed by atoms with Crippen molar-refractivity contribution in [3.63, 3.8) is 0 Å².